The molecule has 0 unspecified atom stereocenters. The van der Waals surface area contributed by atoms with Crippen LogP contribution in [0.2, 0.25) is 0 Å². The monoisotopic (exact) mass is 317 g/mol. The SMILES string of the molecule is CC(=O)N1CC(Oc2ncc(-c3cccc(CO)c3F)cn2)C1. The number of hydrogen-bond acceptors (Lipinski definition) is 5. The van der Waals surface area contributed by atoms with Crippen molar-refractivity contribution in [3.05, 3.63) is 42.0 Å². The first-order valence-electron chi connectivity index (χ1n) is 7.21. The molecule has 1 saturated heterocycles. The van der Waals surface area contributed by atoms with Crippen molar-refractivity contribution in [1.29, 1.82) is 0 Å². The number of amides is 1. The van der Waals surface area contributed by atoms with Gasteiger partial charge in [-0.05, 0) is 0 Å². The van der Waals surface area contributed by atoms with Crippen LogP contribution in [-0.2, 0) is 11.4 Å². The minimum Gasteiger partial charge on any atom is -0.456 e. The molecule has 1 aliphatic rings. The van der Waals surface area contributed by atoms with Gasteiger partial charge in [0.1, 0.15) is 11.9 Å². The number of likely N-dealkylation sites (tertiary alicyclic amines) is 1. The summed E-state index contributed by atoms with van der Waals surface area (Å²) in [4.78, 5) is 20.9. The smallest absolute Gasteiger partial charge is 0.316 e. The topological polar surface area (TPSA) is 75.6 Å². The highest BCUT2D eigenvalue weighted by atomic mass is 19.1. The van der Waals surface area contributed by atoms with E-state index in [9.17, 15) is 9.18 Å². The molecule has 1 aromatic heterocycles. The number of ether oxygens (including phenoxy) is 1. The van der Waals surface area contributed by atoms with E-state index in [0.717, 1.165) is 0 Å². The number of rotatable bonds is 4. The molecule has 0 atom stereocenters. The van der Waals surface area contributed by atoms with Gasteiger partial charge in [0.25, 0.3) is 0 Å². The lowest BCUT2D eigenvalue weighted by atomic mass is 10.1. The van der Waals surface area contributed by atoms with Crippen molar-refractivity contribution in [2.24, 2.45) is 0 Å². The van der Waals surface area contributed by atoms with E-state index in [4.69, 9.17) is 9.84 Å². The van der Waals surface area contributed by atoms with Crippen molar-refractivity contribution in [1.82, 2.24) is 14.9 Å². The number of aliphatic hydroxyl groups excluding tert-OH is 1. The summed E-state index contributed by atoms with van der Waals surface area (Å²) in [5, 5.41) is 9.11. The molecule has 0 radical (unpaired) electrons. The summed E-state index contributed by atoms with van der Waals surface area (Å²) in [5.41, 5.74) is 1.06. The molecule has 0 aliphatic carbocycles. The van der Waals surface area contributed by atoms with Gasteiger partial charge in [0.05, 0.1) is 19.7 Å². The van der Waals surface area contributed by atoms with Crippen LogP contribution < -0.4 is 4.74 Å². The molecule has 1 aliphatic heterocycles. The molecule has 0 saturated carbocycles. The fourth-order valence-corrected chi connectivity index (χ4v) is 2.36. The molecule has 0 bridgehead atoms. The Morgan fingerprint density at radius 2 is 2.09 bits per heavy atom. The van der Waals surface area contributed by atoms with Gasteiger partial charge >= 0.3 is 6.01 Å². The highest BCUT2D eigenvalue weighted by Crippen LogP contribution is 2.25. The van der Waals surface area contributed by atoms with Crippen LogP contribution in [0.25, 0.3) is 11.1 Å². The molecule has 1 fully saturated rings. The summed E-state index contributed by atoms with van der Waals surface area (Å²) in [5.74, 6) is -0.469. The molecule has 1 amide bonds. The Morgan fingerprint density at radius 3 is 2.70 bits per heavy atom. The van der Waals surface area contributed by atoms with Crippen molar-refractivity contribution >= 4 is 5.91 Å². The summed E-state index contributed by atoms with van der Waals surface area (Å²) in [6.45, 7) is 2.19. The maximum Gasteiger partial charge on any atom is 0.316 e. The van der Waals surface area contributed by atoms with E-state index in [2.05, 4.69) is 9.97 Å². The molecule has 2 heterocycles. The summed E-state index contributed by atoms with van der Waals surface area (Å²) >= 11 is 0. The molecular weight excluding hydrogens is 301 g/mol. The molecule has 120 valence electrons. The van der Waals surface area contributed by atoms with Crippen LogP contribution in [0, 0.1) is 5.82 Å². The summed E-state index contributed by atoms with van der Waals surface area (Å²) in [6.07, 6.45) is 2.84. The minimum absolute atomic E-state index is 0.0142. The van der Waals surface area contributed by atoms with E-state index in [0.29, 0.717) is 24.2 Å². The highest BCUT2D eigenvalue weighted by Gasteiger charge is 2.30. The lowest BCUT2D eigenvalue weighted by Gasteiger charge is -2.37. The van der Waals surface area contributed by atoms with Crippen LogP contribution in [0.15, 0.2) is 30.6 Å². The Bertz CT molecular complexity index is 715. The molecular formula is C16H16FN3O3. The number of nitrogens with zero attached hydrogens (tertiary/aromatic N) is 3. The molecule has 1 N–H and O–H groups in total. The van der Waals surface area contributed by atoms with Gasteiger partial charge in [-0.2, -0.15) is 0 Å². The van der Waals surface area contributed by atoms with Gasteiger partial charge in [-0.15, -0.1) is 0 Å². The molecule has 7 heteroatoms. The fraction of sp³-hybridized carbons (Fsp3) is 0.312. The van der Waals surface area contributed by atoms with Gasteiger partial charge in [-0.25, -0.2) is 14.4 Å². The minimum atomic E-state index is -0.483. The van der Waals surface area contributed by atoms with Crippen LogP contribution in [0.4, 0.5) is 4.39 Å². The third-order valence-corrected chi connectivity index (χ3v) is 3.75. The van der Waals surface area contributed by atoms with Gasteiger partial charge in [-0.1, -0.05) is 18.2 Å². The molecule has 1 aromatic carbocycles. The average Bonchev–Trinajstić information content (AvgIpc) is 2.51. The predicted molar refractivity (Wildman–Crippen MR) is 80.0 cm³/mol. The number of carbonyl (C=O) groups excluding carboxylic acids is 1. The van der Waals surface area contributed by atoms with Crippen molar-refractivity contribution in [2.75, 3.05) is 13.1 Å². The maximum atomic E-state index is 14.2. The van der Waals surface area contributed by atoms with E-state index in [1.54, 1.807) is 17.0 Å². The van der Waals surface area contributed by atoms with Crippen molar-refractivity contribution < 1.29 is 19.0 Å². The van der Waals surface area contributed by atoms with Gasteiger partial charge in [0.2, 0.25) is 5.91 Å². The van der Waals surface area contributed by atoms with Crippen LogP contribution >= 0.6 is 0 Å². The Balaban J connectivity index is 1.70. The third-order valence-electron chi connectivity index (χ3n) is 3.75. The van der Waals surface area contributed by atoms with Crippen LogP contribution in [-0.4, -0.2) is 45.1 Å². The Labute approximate surface area is 132 Å². The fourth-order valence-electron chi connectivity index (χ4n) is 2.36. The average molecular weight is 317 g/mol. The molecule has 23 heavy (non-hydrogen) atoms. The highest BCUT2D eigenvalue weighted by molar-refractivity contribution is 5.74. The van der Waals surface area contributed by atoms with Gasteiger partial charge in [0, 0.05) is 36.0 Å². The largest absolute Gasteiger partial charge is 0.456 e. The first-order valence-corrected chi connectivity index (χ1v) is 7.21. The van der Waals surface area contributed by atoms with Crippen molar-refractivity contribution in [2.45, 2.75) is 19.6 Å². The number of aromatic nitrogens is 2. The van der Waals surface area contributed by atoms with Crippen molar-refractivity contribution in [3.63, 3.8) is 0 Å². The number of halogens is 1. The quantitative estimate of drug-likeness (QED) is 0.922. The standard InChI is InChI=1S/C16H16FN3O3/c1-10(22)20-7-13(8-20)23-16-18-5-12(6-19-16)14-4-2-3-11(9-21)15(14)17/h2-6,13,21H,7-9H2,1H3. The third kappa shape index (κ3) is 3.14. The first kappa shape index (κ1) is 15.4. The molecule has 6 nitrogen and oxygen atoms in total. The van der Waals surface area contributed by atoms with E-state index >= 15 is 0 Å². The van der Waals surface area contributed by atoms with E-state index in [1.165, 1.54) is 25.4 Å². The van der Waals surface area contributed by atoms with Crippen molar-refractivity contribution in [3.8, 4) is 17.1 Å². The number of hydrogen-bond donors (Lipinski definition) is 1. The first-order chi connectivity index (χ1) is 11.1. The van der Waals surface area contributed by atoms with Crippen LogP contribution in [0.5, 0.6) is 6.01 Å². The number of aliphatic hydroxyl groups is 1. The summed E-state index contributed by atoms with van der Waals surface area (Å²) < 4.78 is 19.7. The lowest BCUT2D eigenvalue weighted by molar-refractivity contribution is -0.137. The zero-order chi connectivity index (χ0) is 16.4. The summed E-state index contributed by atoms with van der Waals surface area (Å²) in [7, 11) is 0. The summed E-state index contributed by atoms with van der Waals surface area (Å²) in [6, 6.07) is 4.98. The zero-order valence-electron chi connectivity index (χ0n) is 12.6. The lowest BCUT2D eigenvalue weighted by Crippen LogP contribution is -2.55. The normalized spacial score (nSPS) is 14.5. The van der Waals surface area contributed by atoms with Gasteiger partial charge < -0.3 is 14.7 Å². The van der Waals surface area contributed by atoms with E-state index in [1.807, 2.05) is 0 Å². The number of carbonyl (C=O) groups is 1. The Kier molecular flexibility index (Phi) is 4.20. The molecule has 0 spiro atoms. The second-order valence-corrected chi connectivity index (χ2v) is 5.35. The zero-order valence-corrected chi connectivity index (χ0v) is 12.6. The van der Waals surface area contributed by atoms with E-state index < -0.39 is 5.82 Å². The number of benzene rings is 1. The van der Waals surface area contributed by atoms with Crippen LogP contribution in [0.3, 0.4) is 0 Å². The van der Waals surface area contributed by atoms with E-state index in [-0.39, 0.29) is 30.2 Å². The van der Waals surface area contributed by atoms with Crippen LogP contribution in [0.1, 0.15) is 12.5 Å². The Hall–Kier alpha value is -2.54. The second kappa shape index (κ2) is 6.29. The van der Waals surface area contributed by atoms with Gasteiger partial charge in [0.15, 0.2) is 0 Å². The predicted octanol–water partition coefficient (Wildman–Crippen LogP) is 1.38. The Morgan fingerprint density at radius 1 is 1.39 bits per heavy atom. The molecule has 3 rings (SSSR count). The maximum absolute atomic E-state index is 14.2. The van der Waals surface area contributed by atoms with Gasteiger partial charge in [-0.3, -0.25) is 4.79 Å². The second-order valence-electron chi connectivity index (χ2n) is 5.35. The molecule has 2 aromatic rings.